The molecule has 2 atom stereocenters. The Morgan fingerprint density at radius 2 is 2.00 bits per heavy atom. The summed E-state index contributed by atoms with van der Waals surface area (Å²) in [4.78, 5) is 33.2. The molecule has 0 aliphatic carbocycles. The van der Waals surface area contributed by atoms with Crippen LogP contribution < -0.4 is 4.90 Å². The summed E-state index contributed by atoms with van der Waals surface area (Å²) in [6, 6.07) is 5.46. The van der Waals surface area contributed by atoms with Crippen LogP contribution in [-0.2, 0) is 4.79 Å². The van der Waals surface area contributed by atoms with Crippen molar-refractivity contribution in [3.8, 4) is 10.4 Å². The molecule has 0 saturated heterocycles. The van der Waals surface area contributed by atoms with Crippen LogP contribution in [0.2, 0.25) is 0 Å². The van der Waals surface area contributed by atoms with E-state index in [1.807, 2.05) is 52.8 Å². The third-order valence-corrected chi connectivity index (χ3v) is 6.39. The number of fused-ring (bicyclic) bond motifs is 1. The monoisotopic (exact) mass is 401 g/mol. The van der Waals surface area contributed by atoms with Gasteiger partial charge in [-0.05, 0) is 64.3 Å². The smallest absolute Gasteiger partial charge is 0.408 e. The number of carboxylic acid groups (broad SMARTS) is 1. The average Bonchev–Trinajstić information content (AvgIpc) is 2.92. The lowest BCUT2D eigenvalue weighted by Gasteiger charge is -2.43. The van der Waals surface area contributed by atoms with Gasteiger partial charge in [0.1, 0.15) is 0 Å². The number of anilines is 1. The highest BCUT2D eigenvalue weighted by Crippen LogP contribution is 2.44. The minimum atomic E-state index is -0.940. The van der Waals surface area contributed by atoms with Crippen molar-refractivity contribution in [3.63, 3.8) is 0 Å². The molecule has 1 aromatic carbocycles. The van der Waals surface area contributed by atoms with E-state index in [9.17, 15) is 14.7 Å². The van der Waals surface area contributed by atoms with Crippen molar-refractivity contribution in [1.82, 2.24) is 9.88 Å². The predicted octanol–water partition coefficient (Wildman–Crippen LogP) is 5.00. The van der Waals surface area contributed by atoms with Crippen molar-refractivity contribution in [2.75, 3.05) is 4.90 Å². The molecule has 1 aliphatic heterocycles. The van der Waals surface area contributed by atoms with E-state index in [4.69, 9.17) is 0 Å². The van der Waals surface area contributed by atoms with Crippen LogP contribution in [0.4, 0.5) is 10.5 Å². The van der Waals surface area contributed by atoms with Gasteiger partial charge in [-0.2, -0.15) is 0 Å². The van der Waals surface area contributed by atoms with Gasteiger partial charge in [-0.25, -0.2) is 9.78 Å². The lowest BCUT2D eigenvalue weighted by atomic mass is 9.88. The highest BCUT2D eigenvalue weighted by atomic mass is 32.1. The SMILES string of the molecule is CC(=O)N1c2ccc(-c3sc(C)nc3C)cc2[C@H](N(C(=O)O)C(C)C)C[C@@H]1C. The first-order valence-corrected chi connectivity index (χ1v) is 10.3. The number of carbonyl (C=O) groups is 2. The van der Waals surface area contributed by atoms with Gasteiger partial charge >= 0.3 is 6.09 Å². The molecule has 0 spiro atoms. The van der Waals surface area contributed by atoms with Gasteiger partial charge in [0.15, 0.2) is 0 Å². The molecule has 1 aromatic heterocycles. The quantitative estimate of drug-likeness (QED) is 0.785. The molecule has 7 heteroatoms. The zero-order valence-corrected chi connectivity index (χ0v) is 18.0. The fourth-order valence-electron chi connectivity index (χ4n) is 4.23. The minimum Gasteiger partial charge on any atom is -0.465 e. The maximum absolute atomic E-state index is 12.3. The molecule has 150 valence electrons. The molecule has 1 N–H and O–H groups in total. The molecule has 2 aromatic rings. The van der Waals surface area contributed by atoms with Crippen molar-refractivity contribution in [2.24, 2.45) is 0 Å². The van der Waals surface area contributed by atoms with Crippen molar-refractivity contribution < 1.29 is 14.7 Å². The molecule has 28 heavy (non-hydrogen) atoms. The number of benzene rings is 1. The highest BCUT2D eigenvalue weighted by Gasteiger charge is 2.38. The predicted molar refractivity (Wildman–Crippen MR) is 112 cm³/mol. The van der Waals surface area contributed by atoms with Crippen LogP contribution in [-0.4, -0.2) is 39.1 Å². The summed E-state index contributed by atoms with van der Waals surface area (Å²) in [5.41, 5.74) is 3.66. The van der Waals surface area contributed by atoms with Gasteiger partial charge in [-0.3, -0.25) is 9.69 Å². The Morgan fingerprint density at radius 1 is 1.32 bits per heavy atom. The summed E-state index contributed by atoms with van der Waals surface area (Å²) in [6.45, 7) is 11.3. The molecule has 0 bridgehead atoms. The number of carbonyl (C=O) groups excluding carboxylic acids is 1. The van der Waals surface area contributed by atoms with Gasteiger partial charge in [0.2, 0.25) is 5.91 Å². The Balaban J connectivity index is 2.20. The number of hydrogen-bond donors (Lipinski definition) is 1. The van der Waals surface area contributed by atoms with Crippen LogP contribution in [0.1, 0.15) is 56.4 Å². The largest absolute Gasteiger partial charge is 0.465 e. The maximum Gasteiger partial charge on any atom is 0.408 e. The van der Waals surface area contributed by atoms with E-state index in [-0.39, 0.29) is 24.0 Å². The lowest BCUT2D eigenvalue weighted by molar-refractivity contribution is -0.117. The Morgan fingerprint density at radius 3 is 2.50 bits per heavy atom. The van der Waals surface area contributed by atoms with E-state index >= 15 is 0 Å². The van der Waals surface area contributed by atoms with E-state index in [1.54, 1.807) is 23.2 Å². The standard InChI is InChI=1S/C21H27N3O3S/c1-11(2)23(21(26)27)19-9-12(3)24(15(6)25)18-8-7-16(10-17(18)19)20-13(4)22-14(5)28-20/h7-8,10-12,19H,9H2,1-6H3,(H,26,27)/t12-,19+/m0/s1. The first kappa shape index (κ1) is 20.3. The molecule has 1 aliphatic rings. The first-order valence-electron chi connectivity index (χ1n) is 9.51. The molecule has 2 heterocycles. The Kier molecular flexibility index (Phi) is 5.48. The van der Waals surface area contributed by atoms with E-state index < -0.39 is 6.09 Å². The zero-order valence-electron chi connectivity index (χ0n) is 17.2. The van der Waals surface area contributed by atoms with Crippen molar-refractivity contribution in [1.29, 1.82) is 0 Å². The fourth-order valence-corrected chi connectivity index (χ4v) is 5.15. The fraction of sp³-hybridized carbons (Fsp3) is 0.476. The second-order valence-corrected chi connectivity index (χ2v) is 8.90. The number of amides is 2. The Labute approximate surface area is 169 Å². The molecule has 0 unspecified atom stereocenters. The normalized spacial score (nSPS) is 18.9. The van der Waals surface area contributed by atoms with E-state index in [2.05, 4.69) is 4.98 Å². The average molecular weight is 402 g/mol. The maximum atomic E-state index is 12.3. The molecule has 2 amide bonds. The number of aromatic nitrogens is 1. The molecular weight excluding hydrogens is 374 g/mol. The van der Waals surface area contributed by atoms with Crippen LogP contribution in [0.3, 0.4) is 0 Å². The lowest BCUT2D eigenvalue weighted by Crippen LogP contribution is -2.48. The second-order valence-electron chi connectivity index (χ2n) is 7.69. The van der Waals surface area contributed by atoms with Crippen LogP contribution in [0, 0.1) is 13.8 Å². The van der Waals surface area contributed by atoms with Crippen LogP contribution >= 0.6 is 11.3 Å². The highest BCUT2D eigenvalue weighted by molar-refractivity contribution is 7.15. The zero-order chi connectivity index (χ0) is 20.7. The number of hydrogen-bond acceptors (Lipinski definition) is 4. The van der Waals surface area contributed by atoms with Crippen LogP contribution in [0.5, 0.6) is 0 Å². The summed E-state index contributed by atoms with van der Waals surface area (Å²) in [5, 5.41) is 10.8. The van der Waals surface area contributed by atoms with Crippen LogP contribution in [0.15, 0.2) is 18.2 Å². The van der Waals surface area contributed by atoms with Gasteiger partial charge in [0, 0.05) is 24.7 Å². The third kappa shape index (κ3) is 3.51. The summed E-state index contributed by atoms with van der Waals surface area (Å²) in [6.07, 6.45) is -0.369. The van der Waals surface area contributed by atoms with Crippen molar-refractivity contribution in [2.45, 2.75) is 66.1 Å². The Hall–Kier alpha value is -2.41. The third-order valence-electron chi connectivity index (χ3n) is 5.27. The van der Waals surface area contributed by atoms with Crippen molar-refractivity contribution in [3.05, 3.63) is 34.5 Å². The molecular formula is C21H27N3O3S. The van der Waals surface area contributed by atoms with Crippen molar-refractivity contribution >= 4 is 29.0 Å². The summed E-state index contributed by atoms with van der Waals surface area (Å²) >= 11 is 1.63. The second kappa shape index (κ2) is 7.54. The van der Waals surface area contributed by atoms with E-state index in [1.165, 1.54) is 4.90 Å². The Bertz CT molecular complexity index is 922. The number of aryl methyl sites for hydroxylation is 2. The molecule has 0 saturated carbocycles. The van der Waals surface area contributed by atoms with Crippen LogP contribution in [0.25, 0.3) is 10.4 Å². The van der Waals surface area contributed by atoms with E-state index in [0.717, 1.165) is 32.4 Å². The van der Waals surface area contributed by atoms with Gasteiger partial charge in [0.05, 0.1) is 21.6 Å². The topological polar surface area (TPSA) is 73.7 Å². The van der Waals surface area contributed by atoms with Gasteiger partial charge in [-0.1, -0.05) is 6.07 Å². The van der Waals surface area contributed by atoms with Gasteiger partial charge < -0.3 is 10.0 Å². The number of rotatable bonds is 3. The number of nitrogens with zero attached hydrogens (tertiary/aromatic N) is 3. The molecule has 3 rings (SSSR count). The molecule has 6 nitrogen and oxygen atoms in total. The summed E-state index contributed by atoms with van der Waals surface area (Å²) in [7, 11) is 0. The van der Waals surface area contributed by atoms with Gasteiger partial charge in [-0.15, -0.1) is 11.3 Å². The van der Waals surface area contributed by atoms with E-state index in [0.29, 0.717) is 6.42 Å². The first-order chi connectivity index (χ1) is 13.1. The van der Waals surface area contributed by atoms with Gasteiger partial charge in [0.25, 0.3) is 0 Å². The number of thiazole rings is 1. The molecule has 0 fully saturated rings. The summed E-state index contributed by atoms with van der Waals surface area (Å²) in [5.74, 6) is -0.0313. The molecule has 0 radical (unpaired) electrons. The summed E-state index contributed by atoms with van der Waals surface area (Å²) < 4.78 is 0. The minimum absolute atomic E-state index is 0.0313.